The molecule has 5 nitrogen and oxygen atoms in total. The molecule has 0 aliphatic heterocycles. The monoisotopic (exact) mass is 181 g/mol. The zero-order valence-electron chi connectivity index (χ0n) is 6.54. The zero-order valence-corrected chi connectivity index (χ0v) is 6.54. The number of hydrogen-bond donors (Lipinski definition) is 0. The lowest BCUT2D eigenvalue weighted by Gasteiger charge is -1.93. The fourth-order valence-corrected chi connectivity index (χ4v) is 0.441. The van der Waals surface area contributed by atoms with Crippen molar-refractivity contribution in [3.05, 3.63) is 10.4 Å². The van der Waals surface area contributed by atoms with Crippen LogP contribution >= 0.6 is 0 Å². The highest BCUT2D eigenvalue weighted by atomic mass is 20.0. The molecular formula is C5H9F2N3O2. The number of hydrogen-bond acceptors (Lipinski definition) is 3. The van der Waals surface area contributed by atoms with E-state index in [1.54, 1.807) is 0 Å². The van der Waals surface area contributed by atoms with E-state index in [0.29, 0.717) is 19.4 Å². The molecule has 0 radical (unpaired) electrons. The van der Waals surface area contributed by atoms with Gasteiger partial charge in [0.15, 0.2) is 0 Å². The lowest BCUT2D eigenvalue weighted by molar-refractivity contribution is -0.140. The molecule has 0 amide bonds. The third-order valence-corrected chi connectivity index (χ3v) is 0.930. The van der Waals surface area contributed by atoms with Gasteiger partial charge >= 0.3 is 5.97 Å². The SMILES string of the molecule is COC(=O)CCCN=[N+]=[N-].FF. The number of esters is 1. The molecule has 0 saturated carbocycles. The first-order chi connectivity index (χ1) is 5.81. The van der Waals surface area contributed by atoms with Crippen molar-refractivity contribution in [1.29, 1.82) is 0 Å². The molecule has 0 unspecified atom stereocenters. The van der Waals surface area contributed by atoms with Gasteiger partial charge < -0.3 is 4.74 Å². The number of rotatable bonds is 4. The number of ether oxygens (including phenoxy) is 1. The minimum absolute atomic E-state index is 0.270. The summed E-state index contributed by atoms with van der Waals surface area (Å²) in [5.41, 5.74) is 7.83. The maximum Gasteiger partial charge on any atom is 0.305 e. The van der Waals surface area contributed by atoms with Crippen molar-refractivity contribution in [3.63, 3.8) is 0 Å². The van der Waals surface area contributed by atoms with Crippen LogP contribution in [0.2, 0.25) is 0 Å². The fourth-order valence-electron chi connectivity index (χ4n) is 0.441. The summed E-state index contributed by atoms with van der Waals surface area (Å²) in [5.74, 6) is -0.270. The lowest BCUT2D eigenvalue weighted by atomic mass is 10.3. The van der Waals surface area contributed by atoms with E-state index in [4.69, 9.17) is 14.7 Å². The van der Waals surface area contributed by atoms with E-state index in [2.05, 4.69) is 14.8 Å². The molecule has 0 saturated heterocycles. The average molecular weight is 181 g/mol. The molecule has 0 aromatic rings. The Bertz CT molecular complexity index is 159. The number of carbonyl (C=O) groups is 1. The summed E-state index contributed by atoms with van der Waals surface area (Å²) < 4.78 is 20.4. The highest BCUT2D eigenvalue weighted by molar-refractivity contribution is 5.68. The van der Waals surface area contributed by atoms with Crippen LogP contribution < -0.4 is 0 Å². The lowest BCUT2D eigenvalue weighted by Crippen LogP contribution is -1.99. The molecule has 0 aromatic carbocycles. The van der Waals surface area contributed by atoms with E-state index in [1.165, 1.54) is 7.11 Å². The molecule has 0 aromatic heterocycles. The van der Waals surface area contributed by atoms with E-state index in [-0.39, 0.29) is 5.97 Å². The average Bonchev–Trinajstić information content (AvgIpc) is 2.15. The van der Waals surface area contributed by atoms with Crippen molar-refractivity contribution >= 4 is 5.97 Å². The number of carbonyl (C=O) groups excluding carboxylic acids is 1. The second kappa shape index (κ2) is 12.3. The Kier molecular flexibility index (Phi) is 13.6. The maximum atomic E-state index is 10.4. The van der Waals surface area contributed by atoms with Crippen LogP contribution in [-0.4, -0.2) is 19.6 Å². The topological polar surface area (TPSA) is 75.1 Å². The van der Waals surface area contributed by atoms with Crippen LogP contribution in [0.15, 0.2) is 5.11 Å². The highest BCUT2D eigenvalue weighted by Crippen LogP contribution is 1.91. The predicted octanol–water partition coefficient (Wildman–Crippen LogP) is 2.09. The first-order valence-electron chi connectivity index (χ1n) is 3.03. The van der Waals surface area contributed by atoms with Crippen LogP contribution in [0.5, 0.6) is 0 Å². The van der Waals surface area contributed by atoms with Crippen molar-refractivity contribution in [2.24, 2.45) is 5.11 Å². The summed E-state index contributed by atoms with van der Waals surface area (Å²) >= 11 is 0. The molecule has 0 N–H and O–H groups in total. The van der Waals surface area contributed by atoms with E-state index in [0.717, 1.165) is 0 Å². The quantitative estimate of drug-likeness (QED) is 0.219. The van der Waals surface area contributed by atoms with Crippen LogP contribution in [-0.2, 0) is 9.53 Å². The number of azide groups is 1. The van der Waals surface area contributed by atoms with E-state index in [1.807, 2.05) is 0 Å². The smallest absolute Gasteiger partial charge is 0.305 e. The van der Waals surface area contributed by atoms with E-state index in [9.17, 15) is 4.79 Å². The Morgan fingerprint density at radius 2 is 2.25 bits per heavy atom. The van der Waals surface area contributed by atoms with Crippen molar-refractivity contribution in [2.75, 3.05) is 13.7 Å². The zero-order chi connectivity index (χ0) is 9.82. The summed E-state index contributed by atoms with van der Waals surface area (Å²) in [4.78, 5) is 12.9. The van der Waals surface area contributed by atoms with Gasteiger partial charge in [-0.1, -0.05) is 5.11 Å². The van der Waals surface area contributed by atoms with Crippen LogP contribution in [0.4, 0.5) is 9.15 Å². The summed E-state index contributed by atoms with van der Waals surface area (Å²) in [5, 5.41) is 3.25. The fraction of sp³-hybridized carbons (Fsp3) is 0.800. The van der Waals surface area contributed by atoms with Gasteiger partial charge in [-0.05, 0) is 12.0 Å². The van der Waals surface area contributed by atoms with Crippen molar-refractivity contribution in [1.82, 2.24) is 0 Å². The van der Waals surface area contributed by atoms with Gasteiger partial charge in [-0.15, -0.1) is 0 Å². The van der Waals surface area contributed by atoms with Crippen molar-refractivity contribution in [2.45, 2.75) is 12.8 Å². The molecule has 0 spiro atoms. The molecule has 70 valence electrons. The van der Waals surface area contributed by atoms with Gasteiger partial charge in [0, 0.05) is 27.0 Å². The second-order valence-corrected chi connectivity index (χ2v) is 1.63. The van der Waals surface area contributed by atoms with E-state index < -0.39 is 0 Å². The first-order valence-corrected chi connectivity index (χ1v) is 3.03. The molecule has 0 aliphatic carbocycles. The predicted molar refractivity (Wildman–Crippen MR) is 37.5 cm³/mol. The van der Waals surface area contributed by atoms with Gasteiger partial charge in [-0.25, -0.2) is 0 Å². The Morgan fingerprint density at radius 1 is 1.67 bits per heavy atom. The Labute approximate surface area is 67.8 Å². The van der Waals surface area contributed by atoms with Gasteiger partial charge in [0.2, 0.25) is 0 Å². The number of nitrogens with zero attached hydrogens (tertiary/aromatic N) is 3. The highest BCUT2D eigenvalue weighted by Gasteiger charge is 1.96. The number of methoxy groups -OCH3 is 1. The maximum absolute atomic E-state index is 10.4. The minimum Gasteiger partial charge on any atom is -0.469 e. The standard InChI is InChI=1S/C5H9N3O2.F2/c1-10-5(9)3-2-4-7-8-6;1-2/h2-4H2,1H3;. The third kappa shape index (κ3) is 11.4. The van der Waals surface area contributed by atoms with E-state index >= 15 is 0 Å². The van der Waals surface area contributed by atoms with Crippen molar-refractivity contribution < 1.29 is 18.7 Å². The first kappa shape index (κ1) is 13.2. The van der Waals surface area contributed by atoms with Gasteiger partial charge in [0.1, 0.15) is 0 Å². The Morgan fingerprint density at radius 3 is 2.67 bits per heavy atom. The molecule has 0 fully saturated rings. The molecule has 0 bridgehead atoms. The molecular weight excluding hydrogens is 172 g/mol. The van der Waals surface area contributed by atoms with Gasteiger partial charge in [0.05, 0.1) is 7.11 Å². The summed E-state index contributed by atoms with van der Waals surface area (Å²) in [6, 6.07) is 0. The number of halogens is 2. The molecule has 0 aliphatic rings. The summed E-state index contributed by atoms with van der Waals surface area (Å²) in [6.07, 6.45) is 0.867. The van der Waals surface area contributed by atoms with Crippen LogP contribution in [0, 0.1) is 0 Å². The third-order valence-electron chi connectivity index (χ3n) is 0.930. The second-order valence-electron chi connectivity index (χ2n) is 1.63. The normalized spacial score (nSPS) is 7.25. The molecule has 0 rings (SSSR count). The van der Waals surface area contributed by atoms with Crippen LogP contribution in [0.1, 0.15) is 12.8 Å². The van der Waals surface area contributed by atoms with Gasteiger partial charge in [-0.3, -0.25) is 4.79 Å². The molecule has 0 atom stereocenters. The molecule has 0 heterocycles. The Hall–Kier alpha value is -1.36. The summed E-state index contributed by atoms with van der Waals surface area (Å²) in [6.45, 7) is 0.353. The van der Waals surface area contributed by atoms with Gasteiger partial charge in [0.25, 0.3) is 0 Å². The largest absolute Gasteiger partial charge is 0.469 e. The van der Waals surface area contributed by atoms with Crippen LogP contribution in [0.25, 0.3) is 10.4 Å². The van der Waals surface area contributed by atoms with Crippen molar-refractivity contribution in [3.8, 4) is 0 Å². The summed E-state index contributed by atoms with van der Waals surface area (Å²) in [7, 11) is 1.33. The molecule has 7 heteroatoms. The Balaban J connectivity index is 0. The minimum atomic E-state index is -0.270. The van der Waals surface area contributed by atoms with Gasteiger partial charge in [-0.2, -0.15) is 0 Å². The van der Waals surface area contributed by atoms with Crippen LogP contribution in [0.3, 0.4) is 0 Å². The molecule has 12 heavy (non-hydrogen) atoms.